The van der Waals surface area contributed by atoms with E-state index in [1.165, 1.54) is 0 Å². The van der Waals surface area contributed by atoms with E-state index in [4.69, 9.17) is 4.74 Å². The number of carbonyl (C=O) groups excluding carboxylic acids is 1. The van der Waals surface area contributed by atoms with Crippen molar-refractivity contribution in [1.29, 1.82) is 0 Å². The SMILES string of the molecule is CC1OCCC1NC(=O)c1cc2ccccc2[nH]1. The van der Waals surface area contributed by atoms with Gasteiger partial charge in [-0.1, -0.05) is 18.2 Å². The van der Waals surface area contributed by atoms with Crippen molar-refractivity contribution in [2.45, 2.75) is 25.5 Å². The Hall–Kier alpha value is -1.81. The quantitative estimate of drug-likeness (QED) is 0.849. The number of fused-ring (bicyclic) bond motifs is 1. The Bertz CT molecular complexity index is 543. The molecule has 1 aliphatic heterocycles. The molecule has 94 valence electrons. The van der Waals surface area contributed by atoms with Crippen LogP contribution in [0.5, 0.6) is 0 Å². The summed E-state index contributed by atoms with van der Waals surface area (Å²) in [5.41, 5.74) is 1.59. The van der Waals surface area contributed by atoms with Gasteiger partial charge in [-0.15, -0.1) is 0 Å². The van der Waals surface area contributed by atoms with Crippen LogP contribution in [-0.4, -0.2) is 29.6 Å². The summed E-state index contributed by atoms with van der Waals surface area (Å²) in [5, 5.41) is 4.06. The van der Waals surface area contributed by atoms with Gasteiger partial charge in [0, 0.05) is 17.5 Å². The molecule has 2 aromatic rings. The van der Waals surface area contributed by atoms with Gasteiger partial charge < -0.3 is 15.0 Å². The van der Waals surface area contributed by atoms with Crippen molar-refractivity contribution in [3.8, 4) is 0 Å². The summed E-state index contributed by atoms with van der Waals surface area (Å²) in [5.74, 6) is -0.0615. The van der Waals surface area contributed by atoms with Crippen molar-refractivity contribution in [1.82, 2.24) is 10.3 Å². The van der Waals surface area contributed by atoms with Crippen molar-refractivity contribution in [3.05, 3.63) is 36.0 Å². The predicted molar refractivity (Wildman–Crippen MR) is 69.6 cm³/mol. The normalized spacial score (nSPS) is 23.4. The van der Waals surface area contributed by atoms with Crippen LogP contribution < -0.4 is 5.32 Å². The molecule has 1 saturated heterocycles. The molecule has 1 aromatic heterocycles. The first-order chi connectivity index (χ1) is 8.74. The first-order valence-electron chi connectivity index (χ1n) is 6.24. The minimum absolute atomic E-state index is 0.0615. The van der Waals surface area contributed by atoms with E-state index < -0.39 is 0 Å². The smallest absolute Gasteiger partial charge is 0.268 e. The van der Waals surface area contributed by atoms with Crippen LogP contribution >= 0.6 is 0 Å². The third kappa shape index (κ3) is 1.99. The Morgan fingerprint density at radius 2 is 2.28 bits per heavy atom. The molecule has 2 heterocycles. The number of aromatic nitrogens is 1. The summed E-state index contributed by atoms with van der Waals surface area (Å²) < 4.78 is 5.44. The number of aromatic amines is 1. The standard InChI is InChI=1S/C14H16N2O2/c1-9-11(6-7-18-9)16-14(17)13-8-10-4-2-3-5-12(10)15-13/h2-5,8-9,11,15H,6-7H2,1H3,(H,16,17). The van der Waals surface area contributed by atoms with Gasteiger partial charge in [0.25, 0.3) is 5.91 Å². The maximum Gasteiger partial charge on any atom is 0.268 e. The van der Waals surface area contributed by atoms with Crippen molar-refractivity contribution < 1.29 is 9.53 Å². The van der Waals surface area contributed by atoms with E-state index in [0.717, 1.165) is 23.9 Å². The molecule has 4 nitrogen and oxygen atoms in total. The number of hydrogen-bond acceptors (Lipinski definition) is 2. The lowest BCUT2D eigenvalue weighted by Crippen LogP contribution is -2.39. The molecule has 18 heavy (non-hydrogen) atoms. The largest absolute Gasteiger partial charge is 0.376 e. The summed E-state index contributed by atoms with van der Waals surface area (Å²) in [6, 6.07) is 9.87. The minimum atomic E-state index is -0.0615. The van der Waals surface area contributed by atoms with E-state index in [0.29, 0.717) is 5.69 Å². The average Bonchev–Trinajstić information content (AvgIpc) is 2.96. The van der Waals surface area contributed by atoms with Crippen LogP contribution in [-0.2, 0) is 4.74 Å². The molecule has 0 bridgehead atoms. The van der Waals surface area contributed by atoms with Crippen LogP contribution in [0.2, 0.25) is 0 Å². The molecule has 2 unspecified atom stereocenters. The Morgan fingerprint density at radius 3 is 3.00 bits per heavy atom. The highest BCUT2D eigenvalue weighted by Gasteiger charge is 2.26. The van der Waals surface area contributed by atoms with Gasteiger partial charge >= 0.3 is 0 Å². The maximum atomic E-state index is 12.1. The van der Waals surface area contributed by atoms with Crippen LogP contribution in [0, 0.1) is 0 Å². The van der Waals surface area contributed by atoms with E-state index in [1.807, 2.05) is 37.3 Å². The molecule has 3 rings (SSSR count). The number of amides is 1. The molecule has 2 atom stereocenters. The summed E-state index contributed by atoms with van der Waals surface area (Å²) in [7, 11) is 0. The van der Waals surface area contributed by atoms with Gasteiger partial charge in [-0.2, -0.15) is 0 Å². The number of rotatable bonds is 2. The van der Waals surface area contributed by atoms with Crippen LogP contribution in [0.15, 0.2) is 30.3 Å². The fourth-order valence-corrected chi connectivity index (χ4v) is 2.36. The molecule has 1 amide bonds. The average molecular weight is 244 g/mol. The topological polar surface area (TPSA) is 54.1 Å². The number of carbonyl (C=O) groups is 1. The van der Waals surface area contributed by atoms with E-state index in [9.17, 15) is 4.79 Å². The second-order valence-corrected chi connectivity index (χ2v) is 4.71. The molecule has 1 fully saturated rings. The monoisotopic (exact) mass is 244 g/mol. The van der Waals surface area contributed by atoms with E-state index in [-0.39, 0.29) is 18.1 Å². The van der Waals surface area contributed by atoms with E-state index >= 15 is 0 Å². The summed E-state index contributed by atoms with van der Waals surface area (Å²) in [6.07, 6.45) is 0.978. The van der Waals surface area contributed by atoms with Gasteiger partial charge in [0.2, 0.25) is 0 Å². The van der Waals surface area contributed by atoms with Crippen LogP contribution in [0.25, 0.3) is 10.9 Å². The van der Waals surface area contributed by atoms with Gasteiger partial charge in [0.05, 0.1) is 12.1 Å². The Labute approximate surface area is 105 Å². The molecule has 1 aliphatic rings. The Balaban J connectivity index is 1.79. The fourth-order valence-electron chi connectivity index (χ4n) is 2.36. The van der Waals surface area contributed by atoms with Gasteiger partial charge in [0.1, 0.15) is 5.69 Å². The lowest BCUT2D eigenvalue weighted by atomic mass is 10.1. The zero-order chi connectivity index (χ0) is 12.5. The second kappa shape index (κ2) is 4.46. The van der Waals surface area contributed by atoms with Crippen molar-refractivity contribution in [2.24, 2.45) is 0 Å². The van der Waals surface area contributed by atoms with Gasteiger partial charge in [-0.3, -0.25) is 4.79 Å². The van der Waals surface area contributed by atoms with Crippen LogP contribution in [0.3, 0.4) is 0 Å². The Morgan fingerprint density at radius 1 is 1.44 bits per heavy atom. The zero-order valence-corrected chi connectivity index (χ0v) is 10.3. The number of ether oxygens (including phenoxy) is 1. The lowest BCUT2D eigenvalue weighted by Gasteiger charge is -2.15. The number of para-hydroxylation sites is 1. The molecule has 4 heteroatoms. The lowest BCUT2D eigenvalue weighted by molar-refractivity contribution is 0.0862. The molecular formula is C14H16N2O2. The highest BCUT2D eigenvalue weighted by Crippen LogP contribution is 2.16. The Kier molecular flexibility index (Phi) is 2.80. The van der Waals surface area contributed by atoms with Crippen LogP contribution in [0.1, 0.15) is 23.8 Å². The summed E-state index contributed by atoms with van der Waals surface area (Å²) in [6.45, 7) is 2.71. The highest BCUT2D eigenvalue weighted by atomic mass is 16.5. The van der Waals surface area contributed by atoms with Gasteiger partial charge in [-0.05, 0) is 25.5 Å². The molecule has 1 aromatic carbocycles. The molecule has 0 radical (unpaired) electrons. The predicted octanol–water partition coefficient (Wildman–Crippen LogP) is 2.08. The van der Waals surface area contributed by atoms with E-state index in [2.05, 4.69) is 10.3 Å². The van der Waals surface area contributed by atoms with Gasteiger partial charge in [-0.25, -0.2) is 0 Å². The molecule has 0 saturated carbocycles. The highest BCUT2D eigenvalue weighted by molar-refractivity contribution is 5.98. The molecule has 0 spiro atoms. The summed E-state index contributed by atoms with van der Waals surface area (Å²) >= 11 is 0. The third-order valence-electron chi connectivity index (χ3n) is 3.47. The maximum absolute atomic E-state index is 12.1. The van der Waals surface area contributed by atoms with Crippen molar-refractivity contribution >= 4 is 16.8 Å². The van der Waals surface area contributed by atoms with Crippen LogP contribution in [0.4, 0.5) is 0 Å². The first kappa shape index (κ1) is 11.3. The number of nitrogens with one attached hydrogen (secondary N) is 2. The third-order valence-corrected chi connectivity index (χ3v) is 3.47. The fraction of sp³-hybridized carbons (Fsp3) is 0.357. The molecule has 2 N–H and O–H groups in total. The summed E-state index contributed by atoms with van der Waals surface area (Å²) in [4.78, 5) is 15.2. The number of hydrogen-bond donors (Lipinski definition) is 2. The van der Waals surface area contributed by atoms with Crippen molar-refractivity contribution in [3.63, 3.8) is 0 Å². The van der Waals surface area contributed by atoms with E-state index in [1.54, 1.807) is 0 Å². The van der Waals surface area contributed by atoms with Crippen molar-refractivity contribution in [2.75, 3.05) is 6.61 Å². The minimum Gasteiger partial charge on any atom is -0.376 e. The molecule has 0 aliphatic carbocycles. The number of H-pyrrole nitrogens is 1. The number of benzene rings is 1. The second-order valence-electron chi connectivity index (χ2n) is 4.71. The zero-order valence-electron chi connectivity index (χ0n) is 10.3. The van der Waals surface area contributed by atoms with Gasteiger partial charge in [0.15, 0.2) is 0 Å². The first-order valence-corrected chi connectivity index (χ1v) is 6.24. The molecular weight excluding hydrogens is 228 g/mol.